The third kappa shape index (κ3) is 8.13. The first-order chi connectivity index (χ1) is 18.9. The molecule has 0 saturated heterocycles. The molecule has 1 aliphatic rings. The number of anilines is 2. The second-order valence-electron chi connectivity index (χ2n) is 9.43. The minimum atomic E-state index is -0.280. The number of ether oxygens (including phenoxy) is 1. The normalized spacial score (nSPS) is 13.1. The number of carbonyl (C=O) groups excluding carboxylic acids is 2. The predicted octanol–water partition coefficient (Wildman–Crippen LogP) is 6.10. The number of aromatic nitrogens is 3. The Labute approximate surface area is 231 Å². The summed E-state index contributed by atoms with van der Waals surface area (Å²) in [6.45, 7) is 9.69. The van der Waals surface area contributed by atoms with E-state index in [1.807, 2.05) is 62.6 Å². The Hall–Kier alpha value is -3.72. The number of hydrogen-bond acceptors (Lipinski definition) is 7. The van der Waals surface area contributed by atoms with E-state index in [1.54, 1.807) is 16.3 Å². The van der Waals surface area contributed by atoms with Crippen LogP contribution in [0.2, 0.25) is 0 Å². The van der Waals surface area contributed by atoms with Crippen molar-refractivity contribution in [2.45, 2.75) is 65.8 Å². The van der Waals surface area contributed by atoms with Gasteiger partial charge in [0.1, 0.15) is 0 Å². The van der Waals surface area contributed by atoms with E-state index < -0.39 is 0 Å². The van der Waals surface area contributed by atoms with Gasteiger partial charge in [-0.1, -0.05) is 26.8 Å². The maximum absolute atomic E-state index is 12.0. The van der Waals surface area contributed by atoms with E-state index in [0.29, 0.717) is 37.6 Å². The van der Waals surface area contributed by atoms with Gasteiger partial charge >= 0.3 is 6.09 Å². The average Bonchev–Trinajstić information content (AvgIpc) is 3.38. The fourth-order valence-corrected chi connectivity index (χ4v) is 4.44. The lowest BCUT2D eigenvalue weighted by molar-refractivity contribution is 0.0981. The summed E-state index contributed by atoms with van der Waals surface area (Å²) in [6.07, 6.45) is 8.22. The van der Waals surface area contributed by atoms with Crippen LogP contribution in [-0.2, 0) is 4.74 Å². The van der Waals surface area contributed by atoms with Gasteiger partial charge in [-0.05, 0) is 81.6 Å². The van der Waals surface area contributed by atoms with Gasteiger partial charge < -0.3 is 20.3 Å². The molecule has 9 nitrogen and oxygen atoms in total. The molecule has 210 valence electrons. The molecule has 0 saturated carbocycles. The minimum Gasteiger partial charge on any atom is -0.450 e. The fourth-order valence-electron chi connectivity index (χ4n) is 4.44. The maximum atomic E-state index is 12.0. The first-order valence-corrected chi connectivity index (χ1v) is 14.0. The Bertz CT molecular complexity index is 1240. The standard InChI is InChI=1S/C24H27N5O3.C6H15N/c1-3-6-21(30)18-8-10-19(11-9-18)25-23-26-22-20(7-5-14-29(22)27-23)17-12-15-28(16-13-17)24(31)32-4-2;1-4-6(5-2)7-3/h5,7-12,14H,3-4,6,13,15-16H2,1-2H3,(H,25,27);6-7H,4-5H2,1-3H3. The van der Waals surface area contributed by atoms with E-state index in [-0.39, 0.29) is 11.9 Å². The number of Topliss-reactive ketones (excluding diaryl/α,β-unsaturated/α-hetero) is 1. The summed E-state index contributed by atoms with van der Waals surface area (Å²) >= 11 is 0. The quantitative estimate of drug-likeness (QED) is 0.303. The highest BCUT2D eigenvalue weighted by Crippen LogP contribution is 2.27. The number of pyridine rings is 1. The molecule has 0 atom stereocenters. The van der Waals surface area contributed by atoms with Crippen LogP contribution in [0.5, 0.6) is 0 Å². The number of nitrogens with zero attached hydrogens (tertiary/aromatic N) is 4. The molecule has 3 heterocycles. The van der Waals surface area contributed by atoms with Crippen LogP contribution in [0, 0.1) is 0 Å². The van der Waals surface area contributed by atoms with E-state index in [9.17, 15) is 9.59 Å². The molecule has 1 amide bonds. The SMILES string of the molecule is CCC(CC)NC.CCCC(=O)c1ccc(Nc2nc3c(C4=CCN(C(=O)OCC)CC4)cccn3n2)cc1. The molecule has 0 aliphatic carbocycles. The maximum Gasteiger partial charge on any atom is 0.410 e. The number of amides is 1. The Kier molecular flexibility index (Phi) is 11.5. The molecule has 0 spiro atoms. The van der Waals surface area contributed by atoms with Crippen LogP contribution in [0.25, 0.3) is 11.2 Å². The Morgan fingerprint density at radius 2 is 1.82 bits per heavy atom. The number of fused-ring (bicyclic) bond motifs is 1. The Morgan fingerprint density at radius 1 is 1.08 bits per heavy atom. The topological polar surface area (TPSA) is 101 Å². The van der Waals surface area contributed by atoms with Crippen molar-refractivity contribution in [2.75, 3.05) is 32.1 Å². The van der Waals surface area contributed by atoms with E-state index in [4.69, 9.17) is 4.74 Å². The Balaban J connectivity index is 0.000000532. The molecule has 2 aromatic heterocycles. The summed E-state index contributed by atoms with van der Waals surface area (Å²) in [5.74, 6) is 0.631. The van der Waals surface area contributed by atoms with Crippen molar-refractivity contribution in [2.24, 2.45) is 0 Å². The number of rotatable bonds is 10. The lowest BCUT2D eigenvalue weighted by Gasteiger charge is -2.25. The first-order valence-electron chi connectivity index (χ1n) is 14.0. The van der Waals surface area contributed by atoms with Crippen LogP contribution < -0.4 is 10.6 Å². The van der Waals surface area contributed by atoms with Gasteiger partial charge in [0, 0.05) is 48.6 Å². The molecule has 9 heteroatoms. The van der Waals surface area contributed by atoms with E-state index in [2.05, 4.69) is 34.6 Å². The number of ketones is 1. The van der Waals surface area contributed by atoms with Crippen LogP contribution in [-0.4, -0.2) is 64.2 Å². The number of nitrogens with one attached hydrogen (secondary N) is 2. The summed E-state index contributed by atoms with van der Waals surface area (Å²) < 4.78 is 6.83. The van der Waals surface area contributed by atoms with Crippen molar-refractivity contribution in [3.05, 3.63) is 59.8 Å². The summed E-state index contributed by atoms with van der Waals surface area (Å²) in [5, 5.41) is 10.9. The van der Waals surface area contributed by atoms with Crippen molar-refractivity contribution < 1.29 is 14.3 Å². The van der Waals surface area contributed by atoms with Crippen LogP contribution >= 0.6 is 0 Å². The van der Waals surface area contributed by atoms with Gasteiger partial charge in [-0.3, -0.25) is 4.79 Å². The monoisotopic (exact) mass is 534 g/mol. The molecule has 3 aromatic rings. The molecule has 0 unspecified atom stereocenters. The smallest absolute Gasteiger partial charge is 0.410 e. The van der Waals surface area contributed by atoms with Crippen molar-refractivity contribution in [1.82, 2.24) is 24.8 Å². The van der Waals surface area contributed by atoms with Gasteiger partial charge in [-0.25, -0.2) is 9.31 Å². The third-order valence-electron chi connectivity index (χ3n) is 6.78. The number of benzene rings is 1. The van der Waals surface area contributed by atoms with Crippen molar-refractivity contribution >= 4 is 34.7 Å². The zero-order chi connectivity index (χ0) is 28.2. The first kappa shape index (κ1) is 29.8. The highest BCUT2D eigenvalue weighted by atomic mass is 16.6. The summed E-state index contributed by atoms with van der Waals surface area (Å²) in [7, 11) is 2.01. The van der Waals surface area contributed by atoms with Gasteiger partial charge in [0.05, 0.1) is 6.61 Å². The molecule has 4 rings (SSSR count). The molecule has 0 radical (unpaired) electrons. The van der Waals surface area contributed by atoms with Gasteiger partial charge in [0.15, 0.2) is 11.4 Å². The lowest BCUT2D eigenvalue weighted by atomic mass is 10.0. The Morgan fingerprint density at radius 3 is 2.38 bits per heavy atom. The molecule has 1 aromatic carbocycles. The second kappa shape index (κ2) is 15.0. The molecule has 0 bridgehead atoms. The highest BCUT2D eigenvalue weighted by Gasteiger charge is 2.20. The molecule has 1 aliphatic heterocycles. The zero-order valence-electron chi connectivity index (χ0n) is 23.9. The second-order valence-corrected chi connectivity index (χ2v) is 9.43. The minimum absolute atomic E-state index is 0.150. The summed E-state index contributed by atoms with van der Waals surface area (Å²) in [4.78, 5) is 30.3. The molecule has 2 N–H and O–H groups in total. The molecule has 0 fully saturated rings. The van der Waals surface area contributed by atoms with E-state index in [1.165, 1.54) is 12.8 Å². The van der Waals surface area contributed by atoms with E-state index >= 15 is 0 Å². The van der Waals surface area contributed by atoms with Crippen molar-refractivity contribution in [3.63, 3.8) is 0 Å². The molecular formula is C30H42N6O3. The number of hydrogen-bond donors (Lipinski definition) is 2. The third-order valence-corrected chi connectivity index (χ3v) is 6.78. The van der Waals surface area contributed by atoms with Crippen molar-refractivity contribution in [3.8, 4) is 0 Å². The molecule has 39 heavy (non-hydrogen) atoms. The number of carbonyl (C=O) groups is 2. The van der Waals surface area contributed by atoms with Crippen LogP contribution in [0.1, 0.15) is 75.7 Å². The van der Waals surface area contributed by atoms with Gasteiger partial charge in [-0.2, -0.15) is 4.98 Å². The highest BCUT2D eigenvalue weighted by molar-refractivity contribution is 5.96. The summed E-state index contributed by atoms with van der Waals surface area (Å²) in [5.41, 5.74) is 4.41. The fraction of sp³-hybridized carbons (Fsp3) is 0.467. The largest absolute Gasteiger partial charge is 0.450 e. The van der Waals surface area contributed by atoms with Crippen LogP contribution in [0.4, 0.5) is 16.4 Å². The van der Waals surface area contributed by atoms with Crippen molar-refractivity contribution in [1.29, 1.82) is 0 Å². The van der Waals surface area contributed by atoms with Gasteiger partial charge in [0.25, 0.3) is 0 Å². The summed E-state index contributed by atoms with van der Waals surface area (Å²) in [6, 6.07) is 12.1. The van der Waals surface area contributed by atoms with Gasteiger partial charge in [0.2, 0.25) is 5.95 Å². The lowest BCUT2D eigenvalue weighted by Crippen LogP contribution is -2.35. The molecular weight excluding hydrogens is 492 g/mol. The predicted molar refractivity (Wildman–Crippen MR) is 157 cm³/mol. The van der Waals surface area contributed by atoms with Gasteiger partial charge in [-0.15, -0.1) is 5.10 Å². The van der Waals surface area contributed by atoms with Crippen LogP contribution in [0.15, 0.2) is 48.7 Å². The van der Waals surface area contributed by atoms with Crippen LogP contribution in [0.3, 0.4) is 0 Å². The average molecular weight is 535 g/mol. The van der Waals surface area contributed by atoms with E-state index in [0.717, 1.165) is 41.4 Å². The zero-order valence-corrected chi connectivity index (χ0v) is 23.9.